The van der Waals surface area contributed by atoms with Gasteiger partial charge < -0.3 is 5.32 Å². The monoisotopic (exact) mass is 409 g/mol. The van der Waals surface area contributed by atoms with Gasteiger partial charge >= 0.3 is 0 Å². The van der Waals surface area contributed by atoms with Gasteiger partial charge in [-0.2, -0.15) is 0 Å². The summed E-state index contributed by atoms with van der Waals surface area (Å²) in [6, 6.07) is 13.9. The summed E-state index contributed by atoms with van der Waals surface area (Å²) in [5.74, 6) is -0.402. The number of benzene rings is 1. The highest BCUT2D eigenvalue weighted by Gasteiger charge is 2.18. The average molecular weight is 410 g/mol. The molecule has 0 saturated carbocycles. The van der Waals surface area contributed by atoms with Gasteiger partial charge in [-0.15, -0.1) is 22.7 Å². The Labute approximate surface area is 170 Å². The van der Waals surface area contributed by atoms with Crippen molar-refractivity contribution in [3.8, 4) is 0 Å². The van der Waals surface area contributed by atoms with Gasteiger partial charge in [0.15, 0.2) is 4.96 Å². The third-order valence-electron chi connectivity index (χ3n) is 4.46. The van der Waals surface area contributed by atoms with E-state index >= 15 is 0 Å². The summed E-state index contributed by atoms with van der Waals surface area (Å²) < 4.78 is 1.47. The van der Waals surface area contributed by atoms with E-state index in [9.17, 15) is 9.59 Å². The molecule has 4 aromatic rings. The summed E-state index contributed by atoms with van der Waals surface area (Å²) in [6.07, 6.45) is 3.89. The molecule has 0 aliphatic carbocycles. The molecule has 142 valence electrons. The number of thiazole rings is 1. The average Bonchev–Trinajstić information content (AvgIpc) is 3.29. The summed E-state index contributed by atoms with van der Waals surface area (Å²) in [4.78, 5) is 33.7. The van der Waals surface area contributed by atoms with Gasteiger partial charge in [-0.25, -0.2) is 4.98 Å². The molecule has 1 aromatic carbocycles. The number of hydrogen-bond acceptors (Lipinski definition) is 5. The van der Waals surface area contributed by atoms with Crippen LogP contribution in [0.25, 0.3) is 4.96 Å². The second kappa shape index (κ2) is 7.69. The molecule has 28 heavy (non-hydrogen) atoms. The Hall–Kier alpha value is -2.77. The maximum absolute atomic E-state index is 12.8. The minimum Gasteiger partial charge on any atom is -0.344 e. The summed E-state index contributed by atoms with van der Waals surface area (Å²) >= 11 is 3.09. The number of amides is 1. The normalized spacial score (nSPS) is 12.2. The number of nitrogens with zero attached hydrogens (tertiary/aromatic N) is 2. The minimum absolute atomic E-state index is 0.0571. The minimum atomic E-state index is -0.402. The molecule has 0 fully saturated rings. The molecule has 1 amide bonds. The van der Waals surface area contributed by atoms with Gasteiger partial charge in [0, 0.05) is 33.4 Å². The Balaban J connectivity index is 1.58. The van der Waals surface area contributed by atoms with Crippen LogP contribution in [0.1, 0.15) is 43.5 Å². The van der Waals surface area contributed by atoms with E-state index in [-0.39, 0.29) is 17.2 Å². The van der Waals surface area contributed by atoms with Crippen molar-refractivity contribution in [1.82, 2.24) is 14.7 Å². The van der Waals surface area contributed by atoms with Crippen molar-refractivity contribution in [3.63, 3.8) is 0 Å². The van der Waals surface area contributed by atoms with Gasteiger partial charge in [-0.1, -0.05) is 30.3 Å². The van der Waals surface area contributed by atoms with Gasteiger partial charge in [0.05, 0.1) is 6.04 Å². The van der Waals surface area contributed by atoms with E-state index in [1.165, 1.54) is 32.4 Å². The Morgan fingerprint density at radius 2 is 1.96 bits per heavy atom. The number of hydrogen-bond donors (Lipinski definition) is 1. The van der Waals surface area contributed by atoms with Crippen LogP contribution in [0, 0.1) is 6.92 Å². The first-order valence-electron chi connectivity index (χ1n) is 8.92. The zero-order valence-corrected chi connectivity index (χ0v) is 17.1. The Morgan fingerprint density at radius 3 is 2.68 bits per heavy atom. The van der Waals surface area contributed by atoms with Gasteiger partial charge in [-0.05, 0) is 31.5 Å². The zero-order valence-electron chi connectivity index (χ0n) is 15.5. The molecule has 0 aliphatic heterocycles. The number of fused-ring (bicyclic) bond motifs is 1. The van der Waals surface area contributed by atoms with E-state index in [4.69, 9.17) is 0 Å². The van der Waals surface area contributed by atoms with Crippen LogP contribution in [0.3, 0.4) is 0 Å². The second-order valence-corrected chi connectivity index (χ2v) is 9.05. The van der Waals surface area contributed by atoms with Crippen LogP contribution in [0.4, 0.5) is 0 Å². The lowest BCUT2D eigenvalue weighted by molar-refractivity contribution is 0.0938. The molecule has 7 heteroatoms. The number of aryl methyl sites for hydroxylation is 1. The van der Waals surface area contributed by atoms with Crippen molar-refractivity contribution in [3.05, 3.63) is 91.0 Å². The molecule has 1 unspecified atom stereocenters. The van der Waals surface area contributed by atoms with E-state index < -0.39 is 5.91 Å². The number of carbonyl (C=O) groups excluding carboxylic acids is 1. The Kier molecular flexibility index (Phi) is 5.11. The predicted molar refractivity (Wildman–Crippen MR) is 114 cm³/mol. The van der Waals surface area contributed by atoms with Crippen molar-refractivity contribution < 1.29 is 4.79 Å². The first-order valence-corrected chi connectivity index (χ1v) is 10.6. The molecule has 0 radical (unpaired) electrons. The summed E-state index contributed by atoms with van der Waals surface area (Å²) in [5, 5.41) is 2.90. The number of thiophene rings is 1. The maximum atomic E-state index is 12.8. The first-order chi connectivity index (χ1) is 13.5. The van der Waals surface area contributed by atoms with E-state index in [0.29, 0.717) is 4.96 Å². The van der Waals surface area contributed by atoms with Crippen molar-refractivity contribution in [2.75, 3.05) is 0 Å². The molecule has 1 atom stereocenters. The lowest BCUT2D eigenvalue weighted by atomic mass is 10.1. The highest BCUT2D eigenvalue weighted by atomic mass is 32.1. The molecule has 3 heterocycles. The van der Waals surface area contributed by atoms with Crippen LogP contribution < -0.4 is 10.9 Å². The zero-order chi connectivity index (χ0) is 19.7. The Morgan fingerprint density at radius 1 is 1.18 bits per heavy atom. The van der Waals surface area contributed by atoms with Crippen LogP contribution in [0.2, 0.25) is 0 Å². The van der Waals surface area contributed by atoms with Crippen LogP contribution in [0.5, 0.6) is 0 Å². The third kappa shape index (κ3) is 3.76. The molecule has 0 aliphatic rings. The van der Waals surface area contributed by atoms with E-state index in [1.807, 2.05) is 56.3 Å². The lowest BCUT2D eigenvalue weighted by Crippen LogP contribution is -2.32. The molecule has 5 nitrogen and oxygen atoms in total. The third-order valence-corrected chi connectivity index (χ3v) is 6.64. The molecule has 3 aromatic heterocycles. The lowest BCUT2D eigenvalue weighted by Gasteiger charge is -2.11. The summed E-state index contributed by atoms with van der Waals surface area (Å²) in [7, 11) is 0. The summed E-state index contributed by atoms with van der Waals surface area (Å²) in [6.45, 7) is 3.94. The van der Waals surface area contributed by atoms with Crippen molar-refractivity contribution in [2.24, 2.45) is 0 Å². The van der Waals surface area contributed by atoms with Crippen LogP contribution in [-0.2, 0) is 6.42 Å². The molecule has 0 spiro atoms. The number of aromatic nitrogens is 2. The van der Waals surface area contributed by atoms with Crippen molar-refractivity contribution in [1.29, 1.82) is 0 Å². The summed E-state index contributed by atoms with van der Waals surface area (Å²) in [5.41, 5.74) is 0.884. The van der Waals surface area contributed by atoms with Gasteiger partial charge in [0.25, 0.3) is 11.5 Å². The van der Waals surface area contributed by atoms with Crippen molar-refractivity contribution >= 4 is 33.5 Å². The van der Waals surface area contributed by atoms with Gasteiger partial charge in [0.1, 0.15) is 5.56 Å². The fourth-order valence-electron chi connectivity index (χ4n) is 3.00. The number of rotatable bonds is 5. The van der Waals surface area contributed by atoms with Gasteiger partial charge in [0.2, 0.25) is 0 Å². The molecule has 4 rings (SSSR count). The molecule has 1 N–H and O–H groups in total. The first kappa shape index (κ1) is 18.6. The van der Waals surface area contributed by atoms with Crippen molar-refractivity contribution in [2.45, 2.75) is 26.3 Å². The van der Waals surface area contributed by atoms with E-state index in [1.54, 1.807) is 17.5 Å². The van der Waals surface area contributed by atoms with Crippen LogP contribution in [0.15, 0.2) is 59.7 Å². The SMILES string of the molecule is Cc1ccc(C(C)NC(=O)c2cnc3sc(Cc4ccccc4)cn3c2=O)s1. The molecular formula is C21H19N3O2S2. The largest absolute Gasteiger partial charge is 0.344 e. The van der Waals surface area contributed by atoms with E-state index in [2.05, 4.69) is 10.3 Å². The number of nitrogens with one attached hydrogen (secondary N) is 1. The Bertz CT molecular complexity index is 1190. The van der Waals surface area contributed by atoms with Gasteiger partial charge in [-0.3, -0.25) is 14.0 Å². The quantitative estimate of drug-likeness (QED) is 0.537. The van der Waals surface area contributed by atoms with Crippen LogP contribution in [-0.4, -0.2) is 15.3 Å². The highest BCUT2D eigenvalue weighted by molar-refractivity contribution is 7.17. The fourth-order valence-corrected chi connectivity index (χ4v) is 4.85. The topological polar surface area (TPSA) is 63.5 Å². The molecule has 0 bridgehead atoms. The maximum Gasteiger partial charge on any atom is 0.271 e. The number of carbonyl (C=O) groups is 1. The standard InChI is InChI=1S/C21H19N3O2S2/c1-13-8-9-18(27-13)14(2)23-19(25)17-11-22-21-24(20(17)26)12-16(28-21)10-15-6-4-3-5-7-15/h3-9,11-12,14H,10H2,1-2H3,(H,23,25). The highest BCUT2D eigenvalue weighted by Crippen LogP contribution is 2.22. The van der Waals surface area contributed by atoms with Crippen LogP contribution >= 0.6 is 22.7 Å². The molecular weight excluding hydrogens is 390 g/mol. The fraction of sp³-hybridized carbons (Fsp3) is 0.190. The smallest absolute Gasteiger partial charge is 0.271 e. The van der Waals surface area contributed by atoms with E-state index in [0.717, 1.165) is 16.2 Å². The molecule has 0 saturated heterocycles. The second-order valence-electron chi connectivity index (χ2n) is 6.63. The predicted octanol–water partition coefficient (Wildman–Crippen LogP) is 4.21.